The van der Waals surface area contributed by atoms with Crippen molar-refractivity contribution in [2.24, 2.45) is 0 Å². The molecule has 0 bridgehead atoms. The summed E-state index contributed by atoms with van der Waals surface area (Å²) in [5, 5.41) is 11.8. The van der Waals surface area contributed by atoms with Crippen LogP contribution in [0.5, 0.6) is 0 Å². The first kappa shape index (κ1) is 24.4. The van der Waals surface area contributed by atoms with Gasteiger partial charge in [-0.25, -0.2) is 9.59 Å². The third kappa shape index (κ3) is 5.40. The maximum atomic E-state index is 12.6. The monoisotopic (exact) mass is 463 g/mol. The van der Waals surface area contributed by atoms with Crippen LogP contribution >= 0.6 is 12.6 Å². The van der Waals surface area contributed by atoms with E-state index in [4.69, 9.17) is 17.4 Å². The van der Waals surface area contributed by atoms with Crippen LogP contribution in [0.2, 0.25) is 0 Å². The van der Waals surface area contributed by atoms with E-state index in [1.165, 1.54) is 0 Å². The van der Waals surface area contributed by atoms with E-state index < -0.39 is 34.4 Å². The number of aliphatic carboxylic acids is 1. The molecule has 2 unspecified atom stereocenters. The molecule has 6 heteroatoms. The van der Waals surface area contributed by atoms with E-state index in [0.29, 0.717) is 0 Å². The van der Waals surface area contributed by atoms with Gasteiger partial charge in [0.2, 0.25) is 0 Å². The Bertz CT molecular complexity index is 969. The van der Waals surface area contributed by atoms with Crippen LogP contribution in [0.3, 0.4) is 0 Å². The van der Waals surface area contributed by atoms with Crippen LogP contribution in [-0.2, 0) is 14.9 Å². The van der Waals surface area contributed by atoms with Gasteiger partial charge in [-0.15, -0.1) is 0 Å². The van der Waals surface area contributed by atoms with E-state index >= 15 is 0 Å². The molecule has 0 aliphatic heterocycles. The molecule has 0 heterocycles. The highest BCUT2D eigenvalue weighted by atomic mass is 32.1. The summed E-state index contributed by atoms with van der Waals surface area (Å²) in [6, 6.07) is 27.6. The number of carboxylic acid groups (broad SMARTS) is 1. The van der Waals surface area contributed by atoms with Crippen molar-refractivity contribution >= 4 is 24.7 Å². The summed E-state index contributed by atoms with van der Waals surface area (Å²) in [7, 11) is 0. The van der Waals surface area contributed by atoms with Gasteiger partial charge >= 0.3 is 12.1 Å². The third-order valence-electron chi connectivity index (χ3n) is 5.39. The molecule has 0 fully saturated rings. The average molecular weight is 464 g/mol. The number of carbonyl (C=O) groups excluding carboxylic acids is 1. The molecule has 33 heavy (non-hydrogen) atoms. The average Bonchev–Trinajstić information content (AvgIpc) is 2.79. The smallest absolute Gasteiger partial charge is 0.408 e. The maximum absolute atomic E-state index is 12.6. The molecule has 3 aromatic rings. The zero-order chi connectivity index (χ0) is 24.1. The zero-order valence-electron chi connectivity index (χ0n) is 18.9. The summed E-state index contributed by atoms with van der Waals surface area (Å²) in [4.78, 5) is 25.0. The number of amides is 1. The van der Waals surface area contributed by atoms with Crippen LogP contribution in [0.25, 0.3) is 0 Å². The summed E-state index contributed by atoms with van der Waals surface area (Å²) < 4.78 is 5.35. The molecule has 0 saturated heterocycles. The molecule has 0 aliphatic rings. The SMILES string of the molecule is CC(C)(C)OC(=O)NC(C(=O)O)C(S)C(c1ccccc1)(c1ccccc1)c1ccccc1. The second-order valence-corrected chi connectivity index (χ2v) is 9.37. The minimum atomic E-state index is -1.34. The lowest BCUT2D eigenvalue weighted by Crippen LogP contribution is -2.56. The Labute approximate surface area is 200 Å². The van der Waals surface area contributed by atoms with Crippen LogP contribution in [0.1, 0.15) is 37.5 Å². The van der Waals surface area contributed by atoms with Gasteiger partial charge in [0.25, 0.3) is 0 Å². The molecule has 0 aromatic heterocycles. The highest BCUT2D eigenvalue weighted by Crippen LogP contribution is 2.45. The van der Waals surface area contributed by atoms with Crippen LogP contribution in [-0.4, -0.2) is 34.1 Å². The molecule has 2 N–H and O–H groups in total. The molecule has 0 spiro atoms. The van der Waals surface area contributed by atoms with E-state index in [-0.39, 0.29) is 0 Å². The zero-order valence-corrected chi connectivity index (χ0v) is 19.8. The predicted molar refractivity (Wildman–Crippen MR) is 133 cm³/mol. The molecular weight excluding hydrogens is 434 g/mol. The molecule has 5 nitrogen and oxygen atoms in total. The summed E-state index contributed by atoms with van der Waals surface area (Å²) in [5.74, 6) is -1.20. The summed E-state index contributed by atoms with van der Waals surface area (Å²) >= 11 is 4.91. The fraction of sp³-hybridized carbons (Fsp3) is 0.259. The van der Waals surface area contributed by atoms with Gasteiger partial charge in [0.05, 0.1) is 10.7 Å². The Morgan fingerprint density at radius 3 is 1.45 bits per heavy atom. The molecule has 3 rings (SSSR count). The molecule has 3 aromatic carbocycles. The standard InChI is InChI=1S/C27H29NO4S/c1-26(2,3)32-25(31)28-22(24(29)30)23(33)27(19-13-7-4-8-14-19,20-15-9-5-10-16-20)21-17-11-6-12-18-21/h4-18,22-23,33H,1-3H3,(H,28,31)(H,29,30). The molecule has 1 amide bonds. The van der Waals surface area contributed by atoms with E-state index in [2.05, 4.69) is 5.32 Å². The fourth-order valence-corrected chi connectivity index (χ4v) is 4.72. The number of thiol groups is 1. The van der Waals surface area contributed by atoms with Crippen LogP contribution in [0, 0.1) is 0 Å². The van der Waals surface area contributed by atoms with Gasteiger partial charge in [0.1, 0.15) is 11.6 Å². The second-order valence-electron chi connectivity index (χ2n) is 8.81. The normalized spacial score (nSPS) is 13.6. The lowest BCUT2D eigenvalue weighted by atomic mass is 9.65. The Morgan fingerprint density at radius 1 is 0.788 bits per heavy atom. The fourth-order valence-electron chi connectivity index (χ4n) is 4.08. The highest BCUT2D eigenvalue weighted by Gasteiger charge is 2.48. The van der Waals surface area contributed by atoms with Crippen molar-refractivity contribution in [3.05, 3.63) is 108 Å². The Kier molecular flexibility index (Phi) is 7.49. The first-order chi connectivity index (χ1) is 15.7. The van der Waals surface area contributed by atoms with Crippen molar-refractivity contribution in [2.45, 2.75) is 43.1 Å². The minimum Gasteiger partial charge on any atom is -0.480 e. The summed E-state index contributed by atoms with van der Waals surface area (Å²) in [5.41, 5.74) is 0.832. The van der Waals surface area contributed by atoms with Crippen molar-refractivity contribution in [3.8, 4) is 0 Å². The predicted octanol–water partition coefficient (Wildman–Crippen LogP) is 5.30. The van der Waals surface area contributed by atoms with E-state index in [1.807, 2.05) is 91.0 Å². The number of hydrogen-bond acceptors (Lipinski definition) is 4. The quantitative estimate of drug-likeness (QED) is 0.328. The number of carboxylic acids is 1. The van der Waals surface area contributed by atoms with Gasteiger partial charge in [0, 0.05) is 0 Å². The molecular formula is C27H29NO4S. The van der Waals surface area contributed by atoms with Gasteiger partial charge in [-0.2, -0.15) is 12.6 Å². The molecule has 2 atom stereocenters. The van der Waals surface area contributed by atoms with Gasteiger partial charge < -0.3 is 15.2 Å². The third-order valence-corrected chi connectivity index (χ3v) is 6.07. The van der Waals surface area contributed by atoms with Crippen molar-refractivity contribution in [2.75, 3.05) is 0 Å². The lowest BCUT2D eigenvalue weighted by Gasteiger charge is -2.43. The minimum absolute atomic E-state index is 0.769. The summed E-state index contributed by atoms with van der Waals surface area (Å²) in [6.07, 6.45) is -0.808. The highest BCUT2D eigenvalue weighted by molar-refractivity contribution is 7.81. The summed E-state index contributed by atoms with van der Waals surface area (Å²) in [6.45, 7) is 5.17. The van der Waals surface area contributed by atoms with Gasteiger partial charge in [-0.3, -0.25) is 0 Å². The van der Waals surface area contributed by atoms with Crippen molar-refractivity contribution in [3.63, 3.8) is 0 Å². The van der Waals surface area contributed by atoms with Crippen LogP contribution < -0.4 is 5.32 Å². The van der Waals surface area contributed by atoms with E-state index in [0.717, 1.165) is 16.7 Å². The number of hydrogen-bond donors (Lipinski definition) is 3. The van der Waals surface area contributed by atoms with Crippen molar-refractivity contribution in [1.29, 1.82) is 0 Å². The largest absolute Gasteiger partial charge is 0.480 e. The molecule has 0 radical (unpaired) electrons. The Balaban J connectivity index is 2.23. The van der Waals surface area contributed by atoms with Gasteiger partial charge in [-0.05, 0) is 37.5 Å². The van der Waals surface area contributed by atoms with Crippen molar-refractivity contribution in [1.82, 2.24) is 5.32 Å². The number of nitrogens with one attached hydrogen (secondary N) is 1. The topological polar surface area (TPSA) is 75.6 Å². The molecule has 0 saturated carbocycles. The van der Waals surface area contributed by atoms with E-state index in [1.54, 1.807) is 20.8 Å². The molecule has 0 aliphatic carbocycles. The first-order valence-electron chi connectivity index (χ1n) is 10.7. The number of ether oxygens (including phenoxy) is 1. The Hall–Kier alpha value is -3.25. The second kappa shape index (κ2) is 10.1. The van der Waals surface area contributed by atoms with Gasteiger partial charge in [0.15, 0.2) is 0 Å². The lowest BCUT2D eigenvalue weighted by molar-refractivity contribution is -0.139. The number of alkyl carbamates (subject to hydrolysis) is 1. The number of benzene rings is 3. The maximum Gasteiger partial charge on any atom is 0.408 e. The van der Waals surface area contributed by atoms with Crippen LogP contribution in [0.4, 0.5) is 4.79 Å². The van der Waals surface area contributed by atoms with Gasteiger partial charge in [-0.1, -0.05) is 91.0 Å². The number of rotatable bonds is 7. The first-order valence-corrected chi connectivity index (χ1v) is 11.2. The van der Waals surface area contributed by atoms with E-state index in [9.17, 15) is 14.7 Å². The van der Waals surface area contributed by atoms with Crippen molar-refractivity contribution < 1.29 is 19.4 Å². The Morgan fingerprint density at radius 2 is 1.15 bits per heavy atom. The van der Waals surface area contributed by atoms with Crippen LogP contribution in [0.15, 0.2) is 91.0 Å². The molecule has 172 valence electrons. The number of carbonyl (C=O) groups is 2.